The molecule has 3 nitrogen and oxygen atoms in total. The number of nitrogens with zero attached hydrogens (tertiary/aromatic N) is 1. The molecular weight excluding hydrogens is 344 g/mol. The van der Waals surface area contributed by atoms with Gasteiger partial charge in [-0.3, -0.25) is 4.98 Å². The highest BCUT2D eigenvalue weighted by atomic mass is 127. The lowest BCUT2D eigenvalue weighted by Gasteiger charge is -2.00. The molecule has 6 heteroatoms. The first-order chi connectivity index (χ1) is 7.68. The Labute approximate surface area is 109 Å². The first kappa shape index (κ1) is 13.2. The summed E-state index contributed by atoms with van der Waals surface area (Å²) < 4.78 is 12.9. The topological polar surface area (TPSA) is 50.2 Å². The van der Waals surface area contributed by atoms with Gasteiger partial charge in [0.1, 0.15) is 5.82 Å². The lowest BCUT2D eigenvalue weighted by Crippen LogP contribution is -1.98. The van der Waals surface area contributed by atoms with Crippen molar-refractivity contribution < 1.29 is 14.3 Å². The largest absolute Gasteiger partial charge is 0.478 e. The molecule has 0 amide bonds. The number of hydrogen-bond donors (Lipinski definition) is 2. The molecule has 0 spiro atoms. The second-order valence-electron chi connectivity index (χ2n) is 2.83. The Bertz CT molecular complexity index is 521. The number of aromatic carboxylic acids is 1. The van der Waals surface area contributed by atoms with Crippen LogP contribution in [0.4, 0.5) is 4.39 Å². The van der Waals surface area contributed by atoms with Crippen LogP contribution < -0.4 is 0 Å². The Balaban J connectivity index is 0.000000606. The molecule has 0 saturated carbocycles. The number of thiol groups is 1. The molecule has 0 unspecified atom stereocenters. The average Bonchev–Trinajstić information content (AvgIpc) is 2.30. The highest BCUT2D eigenvalue weighted by molar-refractivity contribution is 14.2. The normalized spacial score (nSPS) is 9.44. The number of benzene rings is 1. The highest BCUT2D eigenvalue weighted by Crippen LogP contribution is 2.17. The van der Waals surface area contributed by atoms with Gasteiger partial charge in [-0.25, -0.2) is 9.18 Å². The number of halogens is 2. The van der Waals surface area contributed by atoms with E-state index < -0.39 is 11.8 Å². The molecule has 16 heavy (non-hydrogen) atoms. The maximum atomic E-state index is 12.9. The van der Waals surface area contributed by atoms with Gasteiger partial charge < -0.3 is 5.11 Å². The summed E-state index contributed by atoms with van der Waals surface area (Å²) in [6, 6.07) is 5.23. The molecule has 1 aromatic heterocycles. The van der Waals surface area contributed by atoms with Crippen LogP contribution in [0.2, 0.25) is 0 Å². The van der Waals surface area contributed by atoms with Crippen molar-refractivity contribution in [1.82, 2.24) is 4.98 Å². The molecular formula is C10H7FINO2S. The van der Waals surface area contributed by atoms with E-state index in [0.29, 0.717) is 10.9 Å². The third-order valence-electron chi connectivity index (χ3n) is 1.93. The molecule has 0 bridgehead atoms. The van der Waals surface area contributed by atoms with E-state index in [0.717, 1.165) is 0 Å². The van der Waals surface area contributed by atoms with Crippen molar-refractivity contribution in [3.8, 4) is 0 Å². The SMILES string of the molecule is O=C(O)c1ccnc2ccc(F)cc12.SI. The van der Waals surface area contributed by atoms with E-state index in [4.69, 9.17) is 5.11 Å². The first-order valence-corrected chi connectivity index (χ1v) is 7.36. The van der Waals surface area contributed by atoms with Crippen molar-refractivity contribution in [1.29, 1.82) is 0 Å². The summed E-state index contributed by atoms with van der Waals surface area (Å²) in [5, 5.41) is 9.14. The fourth-order valence-electron chi connectivity index (χ4n) is 1.30. The zero-order chi connectivity index (χ0) is 12.1. The fourth-order valence-corrected chi connectivity index (χ4v) is 1.30. The molecule has 1 N–H and O–H groups in total. The van der Waals surface area contributed by atoms with Crippen molar-refractivity contribution in [2.24, 2.45) is 0 Å². The summed E-state index contributed by atoms with van der Waals surface area (Å²) in [5.74, 6) is -1.55. The minimum Gasteiger partial charge on any atom is -0.478 e. The number of aromatic nitrogens is 1. The van der Waals surface area contributed by atoms with E-state index >= 15 is 0 Å². The van der Waals surface area contributed by atoms with Crippen molar-refractivity contribution in [2.75, 3.05) is 0 Å². The van der Waals surface area contributed by atoms with Gasteiger partial charge in [0.25, 0.3) is 0 Å². The molecule has 0 saturated heterocycles. The van der Waals surface area contributed by atoms with Crippen molar-refractivity contribution >= 4 is 47.9 Å². The van der Waals surface area contributed by atoms with Gasteiger partial charge in [-0.2, -0.15) is 0 Å². The number of carboxylic acid groups (broad SMARTS) is 1. The summed E-state index contributed by atoms with van der Waals surface area (Å²) in [5.41, 5.74) is 0.542. The Morgan fingerprint density at radius 3 is 2.69 bits per heavy atom. The minimum absolute atomic E-state index is 0.0644. The van der Waals surface area contributed by atoms with E-state index in [1.807, 2.05) is 21.2 Å². The molecule has 2 rings (SSSR count). The monoisotopic (exact) mass is 351 g/mol. The molecule has 1 heterocycles. The molecule has 84 valence electrons. The van der Waals surface area contributed by atoms with Crippen LogP contribution in [0.5, 0.6) is 0 Å². The second-order valence-corrected chi connectivity index (χ2v) is 2.83. The summed E-state index contributed by atoms with van der Waals surface area (Å²) in [6.45, 7) is 0. The number of fused-ring (bicyclic) bond motifs is 1. The van der Waals surface area contributed by atoms with Crippen LogP contribution in [0.15, 0.2) is 30.5 Å². The Hall–Kier alpha value is -0.890. The predicted octanol–water partition coefficient (Wildman–Crippen LogP) is 3.34. The van der Waals surface area contributed by atoms with Gasteiger partial charge in [-0.15, -0.1) is 9.80 Å². The standard InChI is InChI=1S/C10H6FNO2.HIS/c11-6-1-2-9-8(5-6)7(10(13)14)3-4-12-9;1-2/h1-5H,(H,13,14);2H. The van der Waals surface area contributed by atoms with Crippen LogP contribution in [-0.4, -0.2) is 16.1 Å². The van der Waals surface area contributed by atoms with E-state index in [1.54, 1.807) is 0 Å². The smallest absolute Gasteiger partial charge is 0.336 e. The van der Waals surface area contributed by atoms with Gasteiger partial charge in [0.2, 0.25) is 0 Å². The molecule has 1 aromatic carbocycles. The van der Waals surface area contributed by atoms with Gasteiger partial charge in [-0.05, 0) is 45.5 Å². The third-order valence-corrected chi connectivity index (χ3v) is 1.93. The summed E-state index contributed by atoms with van der Waals surface area (Å²) in [4.78, 5) is 14.7. The van der Waals surface area contributed by atoms with Gasteiger partial charge in [0, 0.05) is 11.6 Å². The lowest BCUT2D eigenvalue weighted by molar-refractivity contribution is 0.0699. The second kappa shape index (κ2) is 6.00. The average molecular weight is 351 g/mol. The van der Waals surface area contributed by atoms with Crippen LogP contribution in [0.3, 0.4) is 0 Å². The number of rotatable bonds is 1. The minimum atomic E-state index is -1.08. The molecule has 0 radical (unpaired) electrons. The maximum absolute atomic E-state index is 12.9. The quantitative estimate of drug-likeness (QED) is 0.612. The number of hydrogen-bond acceptors (Lipinski definition) is 3. The van der Waals surface area contributed by atoms with Crippen LogP contribution in [0.1, 0.15) is 10.4 Å². The van der Waals surface area contributed by atoms with Crippen LogP contribution in [0, 0.1) is 5.82 Å². The Morgan fingerprint density at radius 1 is 1.38 bits per heavy atom. The molecule has 0 atom stereocenters. The summed E-state index contributed by atoms with van der Waals surface area (Å²) in [6.07, 6.45) is 1.39. The van der Waals surface area contributed by atoms with Gasteiger partial charge in [0.15, 0.2) is 0 Å². The van der Waals surface area contributed by atoms with Gasteiger partial charge in [0.05, 0.1) is 11.1 Å². The molecule has 0 aliphatic carbocycles. The van der Waals surface area contributed by atoms with E-state index in [2.05, 4.69) is 14.8 Å². The molecule has 2 aromatic rings. The maximum Gasteiger partial charge on any atom is 0.336 e. The van der Waals surface area contributed by atoms with Crippen LogP contribution >= 0.6 is 31.0 Å². The van der Waals surface area contributed by atoms with Crippen molar-refractivity contribution in [2.45, 2.75) is 0 Å². The zero-order valence-corrected chi connectivity index (χ0v) is 10.9. The van der Waals surface area contributed by atoms with E-state index in [1.165, 1.54) is 30.5 Å². The highest BCUT2D eigenvalue weighted by Gasteiger charge is 2.08. The van der Waals surface area contributed by atoms with Crippen LogP contribution in [-0.2, 0) is 0 Å². The molecule has 0 aliphatic rings. The fraction of sp³-hybridized carbons (Fsp3) is 0. The van der Waals surface area contributed by atoms with Crippen molar-refractivity contribution in [3.05, 3.63) is 41.8 Å². The number of pyridine rings is 1. The third kappa shape index (κ3) is 2.82. The van der Waals surface area contributed by atoms with E-state index in [-0.39, 0.29) is 5.56 Å². The van der Waals surface area contributed by atoms with Crippen LogP contribution in [0.25, 0.3) is 10.9 Å². The predicted molar refractivity (Wildman–Crippen MR) is 71.7 cm³/mol. The van der Waals surface area contributed by atoms with Gasteiger partial charge in [-0.1, -0.05) is 0 Å². The van der Waals surface area contributed by atoms with E-state index in [9.17, 15) is 9.18 Å². The van der Waals surface area contributed by atoms with Gasteiger partial charge >= 0.3 is 5.97 Å². The lowest BCUT2D eigenvalue weighted by atomic mass is 10.1. The zero-order valence-electron chi connectivity index (χ0n) is 7.89. The van der Waals surface area contributed by atoms with Crippen molar-refractivity contribution in [3.63, 3.8) is 0 Å². The number of carbonyl (C=O) groups is 1. The summed E-state index contributed by atoms with van der Waals surface area (Å²) in [7, 11) is 3.50. The Kier molecular flexibility index (Phi) is 4.94. The Morgan fingerprint density at radius 2 is 2.06 bits per heavy atom. The summed E-state index contributed by atoms with van der Waals surface area (Å²) >= 11 is 1.84. The first-order valence-electron chi connectivity index (χ1n) is 4.13. The molecule has 0 aliphatic heterocycles. The molecule has 0 fully saturated rings. The number of carboxylic acids is 1.